The fourth-order valence-electron chi connectivity index (χ4n) is 1.19. The SMILES string of the molecule is O=C(O)CNC(Cc1ccccn1)C(=O)O. The first-order valence-corrected chi connectivity index (χ1v) is 4.67. The van der Waals surface area contributed by atoms with Crippen LogP contribution in [0.15, 0.2) is 24.4 Å². The summed E-state index contributed by atoms with van der Waals surface area (Å²) < 4.78 is 0. The van der Waals surface area contributed by atoms with Crippen LogP contribution in [0.2, 0.25) is 0 Å². The Balaban J connectivity index is 2.58. The van der Waals surface area contributed by atoms with Gasteiger partial charge in [0.2, 0.25) is 0 Å². The third-order valence-electron chi connectivity index (χ3n) is 1.94. The molecular formula is C10H12N2O4. The third kappa shape index (κ3) is 4.05. The van der Waals surface area contributed by atoms with Crippen LogP contribution in [0.1, 0.15) is 5.69 Å². The molecule has 0 bridgehead atoms. The van der Waals surface area contributed by atoms with E-state index in [1.165, 1.54) is 0 Å². The van der Waals surface area contributed by atoms with Crippen molar-refractivity contribution in [2.45, 2.75) is 12.5 Å². The standard InChI is InChI=1S/C10H12N2O4/c13-9(14)6-12-8(10(15)16)5-7-3-1-2-4-11-7/h1-4,8,12H,5-6H2,(H,13,14)(H,15,16). The Kier molecular flexibility index (Phi) is 4.41. The summed E-state index contributed by atoms with van der Waals surface area (Å²) in [5.74, 6) is -2.18. The molecule has 6 nitrogen and oxygen atoms in total. The van der Waals surface area contributed by atoms with Gasteiger partial charge in [-0.05, 0) is 12.1 Å². The molecule has 86 valence electrons. The van der Waals surface area contributed by atoms with Gasteiger partial charge in [-0.2, -0.15) is 0 Å². The highest BCUT2D eigenvalue weighted by molar-refractivity contribution is 5.75. The van der Waals surface area contributed by atoms with Crippen molar-refractivity contribution in [2.24, 2.45) is 0 Å². The lowest BCUT2D eigenvalue weighted by Gasteiger charge is -2.12. The summed E-state index contributed by atoms with van der Waals surface area (Å²) in [5, 5.41) is 19.7. The fourth-order valence-corrected chi connectivity index (χ4v) is 1.19. The Morgan fingerprint density at radius 1 is 1.38 bits per heavy atom. The third-order valence-corrected chi connectivity index (χ3v) is 1.94. The van der Waals surface area contributed by atoms with E-state index in [9.17, 15) is 9.59 Å². The largest absolute Gasteiger partial charge is 0.480 e. The smallest absolute Gasteiger partial charge is 0.321 e. The molecule has 1 rings (SSSR count). The van der Waals surface area contributed by atoms with Gasteiger partial charge in [-0.3, -0.25) is 19.9 Å². The predicted molar refractivity (Wildman–Crippen MR) is 55.0 cm³/mol. The van der Waals surface area contributed by atoms with Crippen LogP contribution in [0, 0.1) is 0 Å². The Bertz CT molecular complexity index is 366. The quantitative estimate of drug-likeness (QED) is 0.616. The van der Waals surface area contributed by atoms with E-state index < -0.39 is 18.0 Å². The summed E-state index contributed by atoms with van der Waals surface area (Å²) in [6, 6.07) is 4.23. The van der Waals surface area contributed by atoms with Crippen molar-refractivity contribution in [2.75, 3.05) is 6.54 Å². The molecule has 1 aromatic rings. The van der Waals surface area contributed by atoms with E-state index in [1.807, 2.05) is 0 Å². The van der Waals surface area contributed by atoms with Gasteiger partial charge in [-0.25, -0.2) is 0 Å². The lowest BCUT2D eigenvalue weighted by molar-refractivity contribution is -0.140. The molecule has 3 N–H and O–H groups in total. The maximum absolute atomic E-state index is 10.8. The normalized spacial score (nSPS) is 12.0. The molecule has 0 amide bonds. The number of rotatable bonds is 6. The first-order valence-electron chi connectivity index (χ1n) is 4.67. The van der Waals surface area contributed by atoms with Crippen LogP contribution < -0.4 is 5.32 Å². The Morgan fingerprint density at radius 3 is 2.62 bits per heavy atom. The molecule has 0 saturated heterocycles. The van der Waals surface area contributed by atoms with Crippen LogP contribution in [-0.2, 0) is 16.0 Å². The second-order valence-electron chi connectivity index (χ2n) is 3.19. The van der Waals surface area contributed by atoms with Gasteiger partial charge in [0.15, 0.2) is 0 Å². The van der Waals surface area contributed by atoms with Crippen LogP contribution in [0.25, 0.3) is 0 Å². The van der Waals surface area contributed by atoms with Gasteiger partial charge in [0.25, 0.3) is 0 Å². The summed E-state index contributed by atoms with van der Waals surface area (Å²) in [6.45, 7) is -0.385. The summed E-state index contributed by atoms with van der Waals surface area (Å²) in [4.78, 5) is 25.1. The molecular weight excluding hydrogens is 212 g/mol. The molecule has 1 unspecified atom stereocenters. The zero-order chi connectivity index (χ0) is 12.0. The lowest BCUT2D eigenvalue weighted by Crippen LogP contribution is -2.41. The van der Waals surface area contributed by atoms with Gasteiger partial charge in [-0.1, -0.05) is 6.07 Å². The van der Waals surface area contributed by atoms with E-state index in [-0.39, 0.29) is 13.0 Å². The molecule has 0 aliphatic carbocycles. The second-order valence-corrected chi connectivity index (χ2v) is 3.19. The van der Waals surface area contributed by atoms with Gasteiger partial charge < -0.3 is 10.2 Å². The molecule has 1 heterocycles. The van der Waals surface area contributed by atoms with E-state index in [1.54, 1.807) is 24.4 Å². The molecule has 0 aliphatic heterocycles. The zero-order valence-electron chi connectivity index (χ0n) is 8.46. The average Bonchev–Trinajstić information content (AvgIpc) is 2.25. The molecule has 0 aliphatic rings. The van der Waals surface area contributed by atoms with Gasteiger partial charge in [-0.15, -0.1) is 0 Å². The van der Waals surface area contributed by atoms with Gasteiger partial charge in [0, 0.05) is 18.3 Å². The van der Waals surface area contributed by atoms with Crippen molar-refractivity contribution in [3.63, 3.8) is 0 Å². The maximum atomic E-state index is 10.8. The van der Waals surface area contributed by atoms with Crippen molar-refractivity contribution in [1.29, 1.82) is 0 Å². The first-order chi connectivity index (χ1) is 7.59. The minimum Gasteiger partial charge on any atom is -0.480 e. The van der Waals surface area contributed by atoms with Gasteiger partial charge >= 0.3 is 11.9 Å². The Hall–Kier alpha value is -1.95. The minimum absolute atomic E-state index is 0.156. The zero-order valence-corrected chi connectivity index (χ0v) is 8.46. The summed E-state index contributed by atoms with van der Waals surface area (Å²) in [7, 11) is 0. The molecule has 0 fully saturated rings. The minimum atomic E-state index is -1.09. The van der Waals surface area contributed by atoms with Crippen molar-refractivity contribution < 1.29 is 19.8 Å². The number of nitrogens with zero attached hydrogens (tertiary/aromatic N) is 1. The van der Waals surface area contributed by atoms with Crippen LogP contribution in [0.4, 0.5) is 0 Å². The number of hydrogen-bond acceptors (Lipinski definition) is 4. The summed E-state index contributed by atoms with van der Waals surface area (Å²) in [5.41, 5.74) is 0.604. The van der Waals surface area contributed by atoms with E-state index in [0.717, 1.165) is 0 Å². The molecule has 16 heavy (non-hydrogen) atoms. The summed E-state index contributed by atoms with van der Waals surface area (Å²) >= 11 is 0. The predicted octanol–water partition coefficient (Wildman–Crippen LogP) is -0.249. The van der Waals surface area contributed by atoms with Crippen LogP contribution in [0.5, 0.6) is 0 Å². The monoisotopic (exact) mass is 224 g/mol. The van der Waals surface area contributed by atoms with E-state index in [2.05, 4.69) is 10.3 Å². The van der Waals surface area contributed by atoms with E-state index >= 15 is 0 Å². The highest BCUT2D eigenvalue weighted by Gasteiger charge is 2.18. The second kappa shape index (κ2) is 5.82. The number of aliphatic carboxylic acids is 2. The molecule has 1 atom stereocenters. The number of nitrogens with one attached hydrogen (secondary N) is 1. The number of hydrogen-bond donors (Lipinski definition) is 3. The maximum Gasteiger partial charge on any atom is 0.321 e. The van der Waals surface area contributed by atoms with Crippen molar-refractivity contribution >= 4 is 11.9 Å². The van der Waals surface area contributed by atoms with Gasteiger partial charge in [0.1, 0.15) is 6.04 Å². The number of aromatic nitrogens is 1. The van der Waals surface area contributed by atoms with Crippen LogP contribution in [0.3, 0.4) is 0 Å². The van der Waals surface area contributed by atoms with E-state index in [4.69, 9.17) is 10.2 Å². The number of carboxylic acid groups (broad SMARTS) is 2. The lowest BCUT2D eigenvalue weighted by atomic mass is 10.1. The van der Waals surface area contributed by atoms with Crippen molar-refractivity contribution in [3.05, 3.63) is 30.1 Å². The van der Waals surface area contributed by atoms with Crippen LogP contribution in [-0.4, -0.2) is 39.7 Å². The van der Waals surface area contributed by atoms with Crippen molar-refractivity contribution in [3.8, 4) is 0 Å². The number of carboxylic acids is 2. The average molecular weight is 224 g/mol. The number of pyridine rings is 1. The highest BCUT2D eigenvalue weighted by Crippen LogP contribution is 1.99. The molecule has 0 radical (unpaired) electrons. The van der Waals surface area contributed by atoms with E-state index in [0.29, 0.717) is 5.69 Å². The molecule has 0 saturated carbocycles. The Morgan fingerprint density at radius 2 is 2.12 bits per heavy atom. The molecule has 0 spiro atoms. The molecule has 0 aromatic carbocycles. The molecule has 1 aromatic heterocycles. The van der Waals surface area contributed by atoms with Crippen LogP contribution >= 0.6 is 0 Å². The highest BCUT2D eigenvalue weighted by atomic mass is 16.4. The fraction of sp³-hybridized carbons (Fsp3) is 0.300. The molecule has 6 heteroatoms. The van der Waals surface area contributed by atoms with Crippen molar-refractivity contribution in [1.82, 2.24) is 10.3 Å². The number of carbonyl (C=O) groups is 2. The summed E-state index contributed by atoms with van der Waals surface area (Å²) in [6.07, 6.45) is 1.72. The van der Waals surface area contributed by atoms with Gasteiger partial charge in [0.05, 0.1) is 6.54 Å². The first kappa shape index (κ1) is 12.1. The Labute approximate surface area is 91.9 Å². The topological polar surface area (TPSA) is 99.5 Å².